The van der Waals surface area contributed by atoms with Gasteiger partial charge in [-0.05, 0) is 32.4 Å². The molecule has 0 N–H and O–H groups in total. The highest BCUT2D eigenvalue weighted by Crippen LogP contribution is 2.38. The average molecular weight is 237 g/mol. The summed E-state index contributed by atoms with van der Waals surface area (Å²) >= 11 is 2.65. The van der Waals surface area contributed by atoms with Gasteiger partial charge in [-0.1, -0.05) is 22.6 Å². The highest BCUT2D eigenvalue weighted by molar-refractivity contribution is 14.1. The van der Waals surface area contributed by atoms with Crippen LogP contribution in [0.3, 0.4) is 0 Å². The van der Waals surface area contributed by atoms with Gasteiger partial charge in [0, 0.05) is 9.97 Å². The van der Waals surface area contributed by atoms with E-state index in [9.17, 15) is 0 Å². The largest absolute Gasteiger partial charge is 0.302 e. The second kappa shape index (κ2) is 2.09. The Bertz CT molecular complexity index is 122. The lowest BCUT2D eigenvalue weighted by Gasteiger charge is -2.28. The van der Waals surface area contributed by atoms with Gasteiger partial charge in [0.15, 0.2) is 0 Å². The fourth-order valence-corrected chi connectivity index (χ4v) is 3.04. The standard InChI is InChI=1S/C7H12IN/c8-7-2-1-4-9(6-7)5-3-7/h1-6H2. The number of alkyl halides is 1. The number of halogens is 1. The second-order valence-electron chi connectivity index (χ2n) is 3.28. The van der Waals surface area contributed by atoms with E-state index in [0.717, 1.165) is 0 Å². The second-order valence-corrected chi connectivity index (χ2v) is 5.57. The average Bonchev–Trinajstić information content (AvgIpc) is 2.07. The Morgan fingerprint density at radius 1 is 1.22 bits per heavy atom. The molecule has 2 atom stereocenters. The first-order chi connectivity index (χ1) is 4.29. The van der Waals surface area contributed by atoms with Crippen LogP contribution in [-0.4, -0.2) is 28.0 Å². The third-order valence-electron chi connectivity index (χ3n) is 2.48. The van der Waals surface area contributed by atoms with E-state index in [0.29, 0.717) is 3.42 Å². The van der Waals surface area contributed by atoms with Gasteiger partial charge in [-0.15, -0.1) is 0 Å². The highest BCUT2D eigenvalue weighted by atomic mass is 127. The lowest BCUT2D eigenvalue weighted by Crippen LogP contribution is -2.33. The summed E-state index contributed by atoms with van der Waals surface area (Å²) in [4.78, 5) is 2.59. The van der Waals surface area contributed by atoms with Crippen LogP contribution >= 0.6 is 22.6 Å². The molecule has 0 spiro atoms. The minimum Gasteiger partial charge on any atom is -0.302 e. The quantitative estimate of drug-likeness (QED) is 0.457. The van der Waals surface area contributed by atoms with Crippen LogP contribution in [0.25, 0.3) is 0 Å². The molecule has 2 heteroatoms. The molecule has 0 radical (unpaired) electrons. The molecule has 2 aliphatic rings. The zero-order valence-electron chi connectivity index (χ0n) is 5.57. The summed E-state index contributed by atoms with van der Waals surface area (Å²) < 4.78 is 0.690. The Morgan fingerprint density at radius 2 is 2.11 bits per heavy atom. The fraction of sp³-hybridized carbons (Fsp3) is 1.00. The number of hydrogen-bond donors (Lipinski definition) is 0. The molecule has 2 fully saturated rings. The number of fused-ring (bicyclic) bond motifs is 2. The van der Waals surface area contributed by atoms with Crippen LogP contribution in [0.4, 0.5) is 0 Å². The minimum atomic E-state index is 0.690. The Balaban J connectivity index is 2.13. The molecule has 2 bridgehead atoms. The summed E-state index contributed by atoms with van der Waals surface area (Å²) in [5, 5.41) is 0. The third kappa shape index (κ3) is 1.11. The molecule has 0 aromatic carbocycles. The molecule has 1 nitrogen and oxygen atoms in total. The molecule has 2 saturated heterocycles. The van der Waals surface area contributed by atoms with Crippen LogP contribution in [0.1, 0.15) is 19.3 Å². The van der Waals surface area contributed by atoms with E-state index in [1.807, 2.05) is 0 Å². The molecule has 52 valence electrons. The van der Waals surface area contributed by atoms with Crippen molar-refractivity contribution >= 4 is 22.6 Å². The van der Waals surface area contributed by atoms with Crippen LogP contribution in [0.2, 0.25) is 0 Å². The fourth-order valence-electron chi connectivity index (χ4n) is 1.93. The highest BCUT2D eigenvalue weighted by Gasteiger charge is 2.37. The summed E-state index contributed by atoms with van der Waals surface area (Å²) in [7, 11) is 0. The molecule has 0 aromatic rings. The predicted octanol–water partition coefficient (Wildman–Crippen LogP) is 1.66. The van der Waals surface area contributed by atoms with Gasteiger partial charge in [0.2, 0.25) is 0 Å². The summed E-state index contributed by atoms with van der Waals surface area (Å²) in [6.45, 7) is 4.10. The first kappa shape index (κ1) is 6.40. The van der Waals surface area contributed by atoms with E-state index in [-0.39, 0.29) is 0 Å². The molecule has 2 unspecified atom stereocenters. The Labute approximate surface area is 69.9 Å². The summed E-state index contributed by atoms with van der Waals surface area (Å²) in [6, 6.07) is 0. The number of nitrogens with zero attached hydrogens (tertiary/aromatic N) is 1. The summed E-state index contributed by atoms with van der Waals surface area (Å²) in [6.07, 6.45) is 4.33. The van der Waals surface area contributed by atoms with Crippen LogP contribution < -0.4 is 0 Å². The van der Waals surface area contributed by atoms with Crippen molar-refractivity contribution in [1.82, 2.24) is 4.90 Å². The van der Waals surface area contributed by atoms with Crippen molar-refractivity contribution in [3.63, 3.8) is 0 Å². The zero-order valence-corrected chi connectivity index (χ0v) is 7.73. The third-order valence-corrected chi connectivity index (χ3v) is 3.90. The van der Waals surface area contributed by atoms with Crippen molar-refractivity contribution in [1.29, 1.82) is 0 Å². The van der Waals surface area contributed by atoms with E-state index in [1.54, 1.807) is 0 Å². The van der Waals surface area contributed by atoms with Gasteiger partial charge in [0.05, 0.1) is 0 Å². The van der Waals surface area contributed by atoms with Gasteiger partial charge in [0.25, 0.3) is 0 Å². The molecule has 0 saturated carbocycles. The maximum atomic E-state index is 2.65. The van der Waals surface area contributed by atoms with Crippen molar-refractivity contribution in [3.8, 4) is 0 Å². The molecule has 2 aliphatic heterocycles. The first-order valence-electron chi connectivity index (χ1n) is 3.70. The summed E-state index contributed by atoms with van der Waals surface area (Å²) in [5.74, 6) is 0. The lowest BCUT2D eigenvalue weighted by molar-refractivity contribution is 0.288. The van der Waals surface area contributed by atoms with Crippen molar-refractivity contribution in [3.05, 3.63) is 0 Å². The van der Waals surface area contributed by atoms with E-state index in [4.69, 9.17) is 0 Å². The van der Waals surface area contributed by atoms with E-state index >= 15 is 0 Å². The van der Waals surface area contributed by atoms with Crippen molar-refractivity contribution in [2.45, 2.75) is 22.7 Å². The number of rotatable bonds is 0. The lowest BCUT2D eigenvalue weighted by atomic mass is 10.0. The Hall–Kier alpha value is 0.690. The van der Waals surface area contributed by atoms with Crippen molar-refractivity contribution in [2.24, 2.45) is 0 Å². The van der Waals surface area contributed by atoms with E-state index in [1.165, 1.54) is 38.9 Å². The van der Waals surface area contributed by atoms with Gasteiger partial charge in [-0.3, -0.25) is 0 Å². The molecule has 9 heavy (non-hydrogen) atoms. The minimum absolute atomic E-state index is 0.690. The monoisotopic (exact) mass is 237 g/mol. The molecule has 0 aromatic heterocycles. The van der Waals surface area contributed by atoms with E-state index < -0.39 is 0 Å². The zero-order chi connectivity index (χ0) is 6.32. The van der Waals surface area contributed by atoms with Crippen molar-refractivity contribution in [2.75, 3.05) is 19.6 Å². The molecule has 2 rings (SSSR count). The number of piperidine rings is 1. The molecule has 0 aliphatic carbocycles. The van der Waals surface area contributed by atoms with Crippen LogP contribution in [0.5, 0.6) is 0 Å². The Kier molecular flexibility index (Phi) is 1.49. The number of hydrogen-bond acceptors (Lipinski definition) is 1. The Morgan fingerprint density at radius 3 is 2.78 bits per heavy atom. The maximum Gasteiger partial charge on any atom is 0.0361 e. The summed E-state index contributed by atoms with van der Waals surface area (Å²) in [5.41, 5.74) is 0. The smallest absolute Gasteiger partial charge is 0.0361 e. The molecule has 2 heterocycles. The molecular formula is C7H12IN. The van der Waals surface area contributed by atoms with Crippen LogP contribution in [-0.2, 0) is 0 Å². The van der Waals surface area contributed by atoms with Gasteiger partial charge < -0.3 is 4.90 Å². The van der Waals surface area contributed by atoms with Gasteiger partial charge in [0.1, 0.15) is 0 Å². The first-order valence-corrected chi connectivity index (χ1v) is 4.78. The molecule has 0 amide bonds. The van der Waals surface area contributed by atoms with Gasteiger partial charge in [-0.25, -0.2) is 0 Å². The van der Waals surface area contributed by atoms with Crippen LogP contribution in [0, 0.1) is 0 Å². The normalized spacial score (nSPS) is 49.7. The topological polar surface area (TPSA) is 3.24 Å². The SMILES string of the molecule is IC12CCCN(CC1)C2. The van der Waals surface area contributed by atoms with Gasteiger partial charge in [-0.2, -0.15) is 0 Å². The maximum absolute atomic E-state index is 2.65. The van der Waals surface area contributed by atoms with Crippen LogP contribution in [0.15, 0.2) is 0 Å². The molecular weight excluding hydrogens is 225 g/mol. The predicted molar refractivity (Wildman–Crippen MR) is 47.0 cm³/mol. The van der Waals surface area contributed by atoms with E-state index in [2.05, 4.69) is 27.5 Å². The van der Waals surface area contributed by atoms with Gasteiger partial charge >= 0.3 is 0 Å². The van der Waals surface area contributed by atoms with Crippen molar-refractivity contribution < 1.29 is 0 Å².